The van der Waals surface area contributed by atoms with Crippen LogP contribution in [0.4, 0.5) is 5.95 Å². The van der Waals surface area contributed by atoms with Gasteiger partial charge in [0.25, 0.3) is 11.8 Å². The molecule has 12 nitrogen and oxygen atoms in total. The molecule has 3 aliphatic heterocycles. The fourth-order valence-corrected chi connectivity index (χ4v) is 7.39. The number of phenols is 1. The number of piperazine rings is 1. The van der Waals surface area contributed by atoms with E-state index in [1.165, 1.54) is 17.3 Å². The van der Waals surface area contributed by atoms with Gasteiger partial charge in [-0.15, -0.1) is 0 Å². The molecule has 3 aromatic carbocycles. The first kappa shape index (κ1) is 36.5. The number of ether oxygens (including phenoxy) is 1. The summed E-state index contributed by atoms with van der Waals surface area (Å²) < 4.78 is 6.12. The maximum absolute atomic E-state index is 13.2. The van der Waals surface area contributed by atoms with E-state index in [1.54, 1.807) is 12.1 Å². The molecule has 12 heteroatoms. The number of fused-ring (bicyclic) bond motifs is 1. The zero-order chi connectivity index (χ0) is 37.6. The third-order valence-electron chi connectivity index (χ3n) is 10.3. The summed E-state index contributed by atoms with van der Waals surface area (Å²) in [5, 5.41) is 12.1. The quantitative estimate of drug-likeness (QED) is 0.105. The summed E-state index contributed by atoms with van der Waals surface area (Å²) >= 11 is 0. The molecule has 278 valence electrons. The van der Waals surface area contributed by atoms with Crippen LogP contribution in [0.25, 0.3) is 11.1 Å². The Morgan fingerprint density at radius 1 is 0.833 bits per heavy atom. The molecule has 0 saturated carbocycles. The molecule has 2 saturated heterocycles. The number of amides is 4. The average Bonchev–Trinajstić information content (AvgIpc) is 3.44. The minimum Gasteiger partial charge on any atom is -0.508 e. The second kappa shape index (κ2) is 16.4. The molecule has 0 aliphatic carbocycles. The Kier molecular flexibility index (Phi) is 11.1. The van der Waals surface area contributed by atoms with E-state index in [0.717, 1.165) is 72.7 Å². The van der Waals surface area contributed by atoms with Crippen molar-refractivity contribution in [2.75, 3.05) is 44.2 Å². The molecule has 7 rings (SSSR count). The first-order chi connectivity index (χ1) is 26.3. The molecule has 0 radical (unpaired) electrons. The number of rotatable bonds is 13. The monoisotopic (exact) mass is 728 g/mol. The molecule has 2 N–H and O–H groups in total. The highest BCUT2D eigenvalue weighted by atomic mass is 16.5. The molecule has 4 aromatic rings. The number of carbonyl (C=O) groups is 4. The van der Waals surface area contributed by atoms with Crippen LogP contribution in [-0.2, 0) is 9.59 Å². The van der Waals surface area contributed by atoms with E-state index >= 15 is 0 Å². The van der Waals surface area contributed by atoms with Gasteiger partial charge in [-0.05, 0) is 90.8 Å². The molecule has 0 bridgehead atoms. The predicted molar refractivity (Wildman–Crippen MR) is 204 cm³/mol. The van der Waals surface area contributed by atoms with E-state index in [4.69, 9.17) is 4.74 Å². The summed E-state index contributed by atoms with van der Waals surface area (Å²) in [6, 6.07) is 25.0. The van der Waals surface area contributed by atoms with Crippen LogP contribution in [0.2, 0.25) is 0 Å². The molecule has 2 fully saturated rings. The molecular weight excluding hydrogens is 684 g/mol. The van der Waals surface area contributed by atoms with Crippen molar-refractivity contribution in [2.24, 2.45) is 0 Å². The third kappa shape index (κ3) is 7.89. The largest absolute Gasteiger partial charge is 0.508 e. The zero-order valence-corrected chi connectivity index (χ0v) is 30.4. The number of benzene rings is 3. The number of nitrogens with one attached hydrogen (secondary N) is 1. The summed E-state index contributed by atoms with van der Waals surface area (Å²) in [6.07, 6.45) is 5.41. The first-order valence-corrected chi connectivity index (χ1v) is 18.7. The van der Waals surface area contributed by atoms with Crippen molar-refractivity contribution >= 4 is 40.7 Å². The normalized spacial score (nSPS) is 18.1. The number of hydrogen-bond donors (Lipinski definition) is 2. The van der Waals surface area contributed by atoms with Crippen LogP contribution in [0.15, 0.2) is 85.1 Å². The first-order valence-electron chi connectivity index (χ1n) is 18.7. The minimum atomic E-state index is -1.03. The molecule has 1 aromatic heterocycles. The molecule has 1 atom stereocenters. The average molecular weight is 729 g/mol. The molecule has 3 aliphatic rings. The summed E-state index contributed by atoms with van der Waals surface area (Å²) in [5.74, 6) is -0.839. The van der Waals surface area contributed by atoms with Gasteiger partial charge >= 0.3 is 0 Å². The van der Waals surface area contributed by atoms with Gasteiger partial charge in [-0.3, -0.25) is 34.3 Å². The fraction of sp³-hybridized carbons (Fsp3) is 0.333. The standard InChI is InChI=1S/C42H44N6O6/c1-2-33(28-9-5-3-6-10-28)37(29-11-15-31(49)16-12-29)30-13-17-32(18-14-30)54-26-8-4-7-21-46-22-24-47(25-23-46)42-43-27-34-38(45-42)41(53)48(40(34)52)35-19-20-36(50)44-39(35)51/h3,5-6,9-18,27,35,49H,2,4,7-8,19-26H2,1H3,(H,44,50,51)/b37-33-. The van der Waals surface area contributed by atoms with Gasteiger partial charge < -0.3 is 14.7 Å². The van der Waals surface area contributed by atoms with Crippen LogP contribution in [0.3, 0.4) is 0 Å². The Morgan fingerprint density at radius 3 is 2.22 bits per heavy atom. The SMILES string of the molecule is CC/C(=C(\c1ccc(O)cc1)c1ccc(OCCCCCN2CCN(c3ncc4c(n3)C(=O)N(C3CCC(=O)NC3=O)C4=O)CC2)cc1)c1ccccc1. The van der Waals surface area contributed by atoms with E-state index < -0.39 is 29.7 Å². The number of imide groups is 2. The van der Waals surface area contributed by atoms with Crippen LogP contribution < -0.4 is 15.0 Å². The predicted octanol–water partition coefficient (Wildman–Crippen LogP) is 5.32. The van der Waals surface area contributed by atoms with Crippen molar-refractivity contribution in [3.05, 3.63) is 113 Å². The lowest BCUT2D eigenvalue weighted by molar-refractivity contribution is -0.136. The Labute approximate surface area is 314 Å². The number of hydrogen-bond acceptors (Lipinski definition) is 10. The van der Waals surface area contributed by atoms with Crippen LogP contribution >= 0.6 is 0 Å². The lowest BCUT2D eigenvalue weighted by Gasteiger charge is -2.34. The number of aromatic hydroxyl groups is 1. The number of phenolic OH excluding ortho intramolecular Hbond substituents is 1. The number of aromatic nitrogens is 2. The van der Waals surface area contributed by atoms with E-state index in [2.05, 4.69) is 63.5 Å². The maximum atomic E-state index is 13.2. The lowest BCUT2D eigenvalue weighted by atomic mass is 9.88. The van der Waals surface area contributed by atoms with Gasteiger partial charge in [-0.25, -0.2) is 9.97 Å². The van der Waals surface area contributed by atoms with E-state index in [-0.39, 0.29) is 29.8 Å². The van der Waals surface area contributed by atoms with Crippen molar-refractivity contribution in [3.8, 4) is 11.5 Å². The highest BCUT2D eigenvalue weighted by Gasteiger charge is 2.46. The minimum absolute atomic E-state index is 0.000324. The van der Waals surface area contributed by atoms with Gasteiger partial charge in [0, 0.05) is 38.8 Å². The number of nitrogens with zero attached hydrogens (tertiary/aromatic N) is 5. The maximum Gasteiger partial charge on any atom is 0.281 e. The Bertz CT molecular complexity index is 2040. The lowest BCUT2D eigenvalue weighted by Crippen LogP contribution is -2.54. The Hall–Kier alpha value is -5.88. The number of carbonyl (C=O) groups excluding carboxylic acids is 4. The van der Waals surface area contributed by atoms with Gasteiger partial charge in [0.15, 0.2) is 0 Å². The Morgan fingerprint density at radius 2 is 1.54 bits per heavy atom. The Balaban J connectivity index is 0.863. The number of anilines is 1. The zero-order valence-electron chi connectivity index (χ0n) is 30.4. The molecule has 0 spiro atoms. The van der Waals surface area contributed by atoms with Gasteiger partial charge in [0.1, 0.15) is 23.2 Å². The molecular formula is C42H44N6O6. The third-order valence-corrected chi connectivity index (χ3v) is 10.3. The van der Waals surface area contributed by atoms with Gasteiger partial charge in [0.2, 0.25) is 17.8 Å². The molecule has 54 heavy (non-hydrogen) atoms. The second-order valence-electron chi connectivity index (χ2n) is 13.8. The van der Waals surface area contributed by atoms with Crippen molar-refractivity contribution in [3.63, 3.8) is 0 Å². The second-order valence-corrected chi connectivity index (χ2v) is 13.8. The fourth-order valence-electron chi connectivity index (χ4n) is 7.39. The summed E-state index contributed by atoms with van der Waals surface area (Å²) in [4.78, 5) is 64.2. The highest BCUT2D eigenvalue weighted by molar-refractivity contribution is 6.22. The van der Waals surface area contributed by atoms with Crippen molar-refractivity contribution in [2.45, 2.75) is 51.5 Å². The van der Waals surface area contributed by atoms with Crippen LogP contribution in [0.5, 0.6) is 11.5 Å². The molecule has 4 heterocycles. The van der Waals surface area contributed by atoms with Gasteiger partial charge in [0.05, 0.1) is 12.2 Å². The number of piperidine rings is 1. The van der Waals surface area contributed by atoms with Crippen LogP contribution in [-0.4, -0.2) is 93.9 Å². The summed E-state index contributed by atoms with van der Waals surface area (Å²) in [7, 11) is 0. The van der Waals surface area contributed by atoms with E-state index in [0.29, 0.717) is 25.6 Å². The van der Waals surface area contributed by atoms with Crippen molar-refractivity contribution < 1.29 is 29.0 Å². The van der Waals surface area contributed by atoms with Crippen LogP contribution in [0, 0.1) is 0 Å². The number of allylic oxidation sites excluding steroid dienone is 1. The summed E-state index contributed by atoms with van der Waals surface area (Å²) in [6.45, 7) is 6.79. The molecule has 1 unspecified atom stereocenters. The van der Waals surface area contributed by atoms with E-state index in [1.807, 2.05) is 35.2 Å². The van der Waals surface area contributed by atoms with Crippen molar-refractivity contribution in [1.29, 1.82) is 0 Å². The molecule has 4 amide bonds. The number of unbranched alkanes of at least 4 members (excludes halogenated alkanes) is 2. The van der Waals surface area contributed by atoms with Gasteiger partial charge in [-0.1, -0.05) is 61.5 Å². The summed E-state index contributed by atoms with van der Waals surface area (Å²) in [5.41, 5.74) is 5.78. The van der Waals surface area contributed by atoms with Crippen LogP contribution in [0.1, 0.15) is 83.0 Å². The topological polar surface area (TPSA) is 145 Å². The van der Waals surface area contributed by atoms with Crippen molar-refractivity contribution in [1.82, 2.24) is 25.1 Å². The van der Waals surface area contributed by atoms with E-state index in [9.17, 15) is 24.3 Å². The smallest absolute Gasteiger partial charge is 0.281 e. The highest BCUT2D eigenvalue weighted by Crippen LogP contribution is 2.36. The van der Waals surface area contributed by atoms with Gasteiger partial charge in [-0.2, -0.15) is 0 Å².